The SMILES string of the molecule is CC(C)(c1ccc(OCc2nc(-n3ccnn3)ccc2F)cc1)c1ccc(O[C@H]2C[C@H](Nc3ccc4c(c3)C(=O)N(C3CCC(=O)NC3=O)C4=O)C2)cc1. The molecule has 2 aliphatic heterocycles. The molecule has 8 rings (SSSR count). The van der Waals surface area contributed by atoms with Crippen molar-refractivity contribution >= 4 is 29.3 Å². The van der Waals surface area contributed by atoms with E-state index in [1.54, 1.807) is 24.4 Å². The fourth-order valence-electron chi connectivity index (χ4n) is 7.04. The predicted octanol–water partition coefficient (Wildman–Crippen LogP) is 5.13. The highest BCUT2D eigenvalue weighted by Gasteiger charge is 2.45. The number of nitrogens with zero attached hydrogens (tertiary/aromatic N) is 5. The van der Waals surface area contributed by atoms with Crippen LogP contribution in [0.1, 0.15) is 77.1 Å². The third-order valence-corrected chi connectivity index (χ3v) is 10.3. The Kier molecular flexibility index (Phi) is 8.88. The van der Waals surface area contributed by atoms with Gasteiger partial charge < -0.3 is 14.8 Å². The maximum atomic E-state index is 14.4. The molecule has 1 saturated carbocycles. The molecule has 274 valence electrons. The van der Waals surface area contributed by atoms with E-state index in [2.05, 4.69) is 51.9 Å². The number of piperidine rings is 1. The maximum Gasteiger partial charge on any atom is 0.262 e. The summed E-state index contributed by atoms with van der Waals surface area (Å²) in [5.41, 5.74) is 3.23. The Labute approximate surface area is 309 Å². The molecule has 2 fully saturated rings. The lowest BCUT2D eigenvalue weighted by atomic mass is 9.78. The lowest BCUT2D eigenvalue weighted by Crippen LogP contribution is -2.54. The van der Waals surface area contributed by atoms with Crippen LogP contribution in [0.15, 0.2) is 91.3 Å². The molecule has 1 atom stereocenters. The lowest BCUT2D eigenvalue weighted by molar-refractivity contribution is -0.136. The molecule has 2 N–H and O–H groups in total. The highest BCUT2D eigenvalue weighted by molar-refractivity contribution is 6.23. The van der Waals surface area contributed by atoms with Crippen molar-refractivity contribution in [3.63, 3.8) is 0 Å². The Morgan fingerprint density at radius 3 is 2.28 bits per heavy atom. The summed E-state index contributed by atoms with van der Waals surface area (Å²) in [6, 6.07) is 22.8. The summed E-state index contributed by atoms with van der Waals surface area (Å²) in [6.45, 7) is 4.25. The number of ether oxygens (including phenoxy) is 2. The van der Waals surface area contributed by atoms with E-state index in [9.17, 15) is 23.6 Å². The Balaban J connectivity index is 0.828. The lowest BCUT2D eigenvalue weighted by Gasteiger charge is -2.36. The van der Waals surface area contributed by atoms with Gasteiger partial charge in [-0.05, 0) is 72.1 Å². The smallest absolute Gasteiger partial charge is 0.262 e. The quantitative estimate of drug-likeness (QED) is 0.175. The van der Waals surface area contributed by atoms with Gasteiger partial charge in [0.15, 0.2) is 5.82 Å². The third-order valence-electron chi connectivity index (χ3n) is 10.3. The number of imide groups is 2. The van der Waals surface area contributed by atoms with Crippen LogP contribution < -0.4 is 20.1 Å². The number of carbonyl (C=O) groups is 4. The summed E-state index contributed by atoms with van der Waals surface area (Å²) >= 11 is 0. The van der Waals surface area contributed by atoms with Gasteiger partial charge >= 0.3 is 0 Å². The van der Waals surface area contributed by atoms with E-state index in [-0.39, 0.29) is 53.8 Å². The molecule has 0 bridgehead atoms. The summed E-state index contributed by atoms with van der Waals surface area (Å²) in [6.07, 6.45) is 4.87. The first-order valence-corrected chi connectivity index (χ1v) is 17.7. The monoisotopic (exact) mass is 729 g/mol. The van der Waals surface area contributed by atoms with E-state index in [1.165, 1.54) is 23.0 Å². The minimum atomic E-state index is -0.997. The van der Waals surface area contributed by atoms with E-state index in [0.29, 0.717) is 17.3 Å². The van der Waals surface area contributed by atoms with E-state index < -0.39 is 35.5 Å². The summed E-state index contributed by atoms with van der Waals surface area (Å²) in [5.74, 6) is -0.754. The van der Waals surface area contributed by atoms with Crippen molar-refractivity contribution in [2.24, 2.45) is 0 Å². The third kappa shape index (κ3) is 6.66. The van der Waals surface area contributed by atoms with Crippen molar-refractivity contribution in [1.82, 2.24) is 30.2 Å². The Hall–Kier alpha value is -6.44. The van der Waals surface area contributed by atoms with Crippen molar-refractivity contribution in [2.45, 2.75) is 69.7 Å². The number of nitrogens with one attached hydrogen (secondary N) is 2. The number of rotatable bonds is 11. The van der Waals surface area contributed by atoms with Gasteiger partial charge in [0.2, 0.25) is 11.8 Å². The van der Waals surface area contributed by atoms with Gasteiger partial charge in [0.05, 0.1) is 23.5 Å². The molecule has 1 saturated heterocycles. The fourth-order valence-corrected chi connectivity index (χ4v) is 7.04. The first-order valence-electron chi connectivity index (χ1n) is 17.7. The minimum absolute atomic E-state index is 0.0169. The number of hydrogen-bond donors (Lipinski definition) is 2. The molecule has 13 nitrogen and oxygen atoms in total. The Morgan fingerprint density at radius 1 is 0.889 bits per heavy atom. The first-order chi connectivity index (χ1) is 26.0. The van der Waals surface area contributed by atoms with Crippen molar-refractivity contribution in [3.05, 3.63) is 125 Å². The van der Waals surface area contributed by atoms with E-state index >= 15 is 0 Å². The molecular formula is C40H36FN7O6. The second-order valence-corrected chi connectivity index (χ2v) is 14.2. The van der Waals surface area contributed by atoms with Crippen molar-refractivity contribution in [3.8, 4) is 17.3 Å². The second-order valence-electron chi connectivity index (χ2n) is 14.2. The number of fused-ring (bicyclic) bond motifs is 1. The molecule has 3 aromatic carbocycles. The molecule has 1 unspecified atom stereocenters. The summed E-state index contributed by atoms with van der Waals surface area (Å²) < 4.78 is 28.0. The fraction of sp³-hybridized carbons (Fsp3) is 0.275. The molecule has 14 heteroatoms. The summed E-state index contributed by atoms with van der Waals surface area (Å²) in [5, 5.41) is 13.3. The van der Waals surface area contributed by atoms with Crippen LogP contribution in [0.3, 0.4) is 0 Å². The number of aromatic nitrogens is 4. The van der Waals surface area contributed by atoms with Gasteiger partial charge in [-0.15, -0.1) is 5.10 Å². The van der Waals surface area contributed by atoms with Crippen LogP contribution in [-0.4, -0.2) is 66.7 Å². The molecule has 54 heavy (non-hydrogen) atoms. The van der Waals surface area contributed by atoms with Crippen LogP contribution in [0, 0.1) is 5.82 Å². The Morgan fingerprint density at radius 2 is 1.59 bits per heavy atom. The average Bonchev–Trinajstić information content (AvgIpc) is 3.78. The number of benzene rings is 3. The van der Waals surface area contributed by atoms with Gasteiger partial charge in [0, 0.05) is 36.4 Å². The predicted molar refractivity (Wildman–Crippen MR) is 193 cm³/mol. The van der Waals surface area contributed by atoms with Gasteiger partial charge in [-0.1, -0.05) is 43.3 Å². The largest absolute Gasteiger partial charge is 0.490 e. The molecule has 3 aliphatic rings. The van der Waals surface area contributed by atoms with E-state index in [1.807, 2.05) is 36.4 Å². The van der Waals surface area contributed by atoms with Crippen LogP contribution in [0.2, 0.25) is 0 Å². The molecule has 4 heterocycles. The molecule has 1 aliphatic carbocycles. The molecule has 0 radical (unpaired) electrons. The first kappa shape index (κ1) is 34.6. The molecule has 4 amide bonds. The van der Waals surface area contributed by atoms with Gasteiger partial charge in [0.1, 0.15) is 41.8 Å². The number of hydrogen-bond acceptors (Lipinski definition) is 10. The minimum Gasteiger partial charge on any atom is -0.490 e. The number of anilines is 1. The molecule has 5 aromatic rings. The molecule has 2 aromatic heterocycles. The van der Waals surface area contributed by atoms with Crippen LogP contribution >= 0.6 is 0 Å². The van der Waals surface area contributed by atoms with Crippen molar-refractivity contribution in [2.75, 3.05) is 5.32 Å². The zero-order valence-electron chi connectivity index (χ0n) is 29.5. The topological polar surface area (TPSA) is 158 Å². The molecular weight excluding hydrogens is 693 g/mol. The number of pyridine rings is 1. The number of amides is 4. The van der Waals surface area contributed by atoms with E-state index in [0.717, 1.165) is 34.6 Å². The molecule has 0 spiro atoms. The van der Waals surface area contributed by atoms with Crippen LogP contribution in [0.4, 0.5) is 10.1 Å². The van der Waals surface area contributed by atoms with Crippen LogP contribution in [-0.2, 0) is 21.6 Å². The standard InChI is InChI=1S/C40H36FN7O6/c1-40(2,23-3-8-27(9-4-23)53-22-33-32(41)13-15-35(44-33)47-18-17-42-46-47)24-5-10-28(11-6-24)54-29-19-26(20-29)43-25-7-12-30-31(21-25)39(52)48(38(30)51)34-14-16-36(49)45-37(34)50/h3-13,15,17-18,21,26,29,34,43H,14,16,19-20,22H2,1-2H3,(H,45,49,50)/t26-,29-,34?. The number of carbonyl (C=O) groups excluding carboxylic acids is 4. The Bertz CT molecular complexity index is 2250. The summed E-state index contributed by atoms with van der Waals surface area (Å²) in [4.78, 5) is 55.4. The zero-order valence-corrected chi connectivity index (χ0v) is 29.5. The highest BCUT2D eigenvalue weighted by atomic mass is 19.1. The van der Waals surface area contributed by atoms with Gasteiger partial charge in [0.25, 0.3) is 11.8 Å². The van der Waals surface area contributed by atoms with E-state index in [4.69, 9.17) is 9.47 Å². The van der Waals surface area contributed by atoms with Gasteiger partial charge in [-0.2, -0.15) is 0 Å². The second kappa shape index (κ2) is 13.8. The highest BCUT2D eigenvalue weighted by Crippen LogP contribution is 2.36. The zero-order chi connectivity index (χ0) is 37.6. The maximum absolute atomic E-state index is 14.4. The summed E-state index contributed by atoms with van der Waals surface area (Å²) in [7, 11) is 0. The van der Waals surface area contributed by atoms with Gasteiger partial charge in [-0.25, -0.2) is 14.1 Å². The normalized spacial score (nSPS) is 19.6. The van der Waals surface area contributed by atoms with Crippen molar-refractivity contribution < 1.29 is 33.0 Å². The van der Waals surface area contributed by atoms with Gasteiger partial charge in [-0.3, -0.25) is 29.4 Å². The van der Waals surface area contributed by atoms with Crippen LogP contribution in [0.5, 0.6) is 11.5 Å². The van der Waals surface area contributed by atoms with Crippen LogP contribution in [0.25, 0.3) is 5.82 Å². The number of halogens is 1. The average molecular weight is 730 g/mol. The van der Waals surface area contributed by atoms with Crippen molar-refractivity contribution in [1.29, 1.82) is 0 Å².